The highest BCUT2D eigenvalue weighted by molar-refractivity contribution is 4.85. The third-order valence-electron chi connectivity index (χ3n) is 3.77. The second-order valence-corrected chi connectivity index (χ2v) is 4.76. The molecule has 0 amide bonds. The summed E-state index contributed by atoms with van der Waals surface area (Å²) in [6.07, 6.45) is 5.54. The molecule has 3 atom stereocenters. The quantitative estimate of drug-likeness (QED) is 0.730. The Balaban J connectivity index is 1.75. The van der Waals surface area contributed by atoms with Crippen LogP contribution in [0.2, 0.25) is 0 Å². The van der Waals surface area contributed by atoms with Crippen LogP contribution in [0.15, 0.2) is 0 Å². The van der Waals surface area contributed by atoms with Crippen LogP contribution in [-0.2, 0) is 4.74 Å². The smallest absolute Gasteiger partial charge is 0.0710 e. The lowest BCUT2D eigenvalue weighted by Gasteiger charge is -2.22. The van der Waals surface area contributed by atoms with Gasteiger partial charge in [-0.25, -0.2) is 0 Å². The van der Waals surface area contributed by atoms with Gasteiger partial charge in [0.15, 0.2) is 0 Å². The number of ether oxygens (including phenoxy) is 1. The van der Waals surface area contributed by atoms with E-state index in [-0.39, 0.29) is 0 Å². The van der Waals surface area contributed by atoms with Gasteiger partial charge in [0, 0.05) is 32.8 Å². The fourth-order valence-electron chi connectivity index (χ4n) is 2.78. The van der Waals surface area contributed by atoms with Gasteiger partial charge in [0.2, 0.25) is 0 Å². The second kappa shape index (κ2) is 4.60. The largest absolute Gasteiger partial charge is 0.380 e. The first-order valence-corrected chi connectivity index (χ1v) is 5.80. The van der Waals surface area contributed by atoms with E-state index >= 15 is 0 Å². The fraction of sp³-hybridized carbons (Fsp3) is 1.00. The lowest BCUT2D eigenvalue weighted by Crippen LogP contribution is -2.35. The number of hydrogen-bond donors (Lipinski definition) is 1. The van der Waals surface area contributed by atoms with Crippen molar-refractivity contribution in [3.8, 4) is 0 Å². The third-order valence-corrected chi connectivity index (χ3v) is 3.77. The first-order valence-electron chi connectivity index (χ1n) is 5.80. The Bertz CT molecular complexity index is 186. The molecule has 1 aliphatic heterocycles. The molecule has 0 bridgehead atoms. The van der Waals surface area contributed by atoms with Gasteiger partial charge in [0.05, 0.1) is 6.10 Å². The Hall–Kier alpha value is -0.120. The molecule has 3 nitrogen and oxygen atoms in total. The van der Waals surface area contributed by atoms with E-state index in [1.54, 1.807) is 0 Å². The number of likely N-dealkylation sites (tertiary alicyclic amines) is 1. The molecule has 0 aromatic heterocycles. The molecule has 3 heteroatoms. The van der Waals surface area contributed by atoms with Crippen LogP contribution in [0.5, 0.6) is 0 Å². The maximum absolute atomic E-state index is 6.07. The van der Waals surface area contributed by atoms with Crippen LogP contribution in [0.25, 0.3) is 0 Å². The molecule has 1 saturated carbocycles. The zero-order valence-electron chi connectivity index (χ0n) is 9.11. The van der Waals surface area contributed by atoms with Gasteiger partial charge in [-0.2, -0.15) is 0 Å². The lowest BCUT2D eigenvalue weighted by atomic mass is 10.0. The maximum atomic E-state index is 6.07. The summed E-state index contributed by atoms with van der Waals surface area (Å²) in [4.78, 5) is 2.52. The normalized spacial score (nSPS) is 39.4. The van der Waals surface area contributed by atoms with Gasteiger partial charge < -0.3 is 15.4 Å². The monoisotopic (exact) mass is 198 g/mol. The summed E-state index contributed by atoms with van der Waals surface area (Å²) in [6.45, 7) is 3.50. The van der Waals surface area contributed by atoms with Crippen molar-refractivity contribution in [3.05, 3.63) is 0 Å². The van der Waals surface area contributed by atoms with Gasteiger partial charge >= 0.3 is 0 Å². The number of hydrogen-bond acceptors (Lipinski definition) is 3. The topological polar surface area (TPSA) is 38.5 Å². The van der Waals surface area contributed by atoms with E-state index in [4.69, 9.17) is 10.5 Å². The van der Waals surface area contributed by atoms with Gasteiger partial charge in [-0.05, 0) is 25.2 Å². The van der Waals surface area contributed by atoms with Crippen LogP contribution in [0.1, 0.15) is 25.7 Å². The highest BCUT2D eigenvalue weighted by Crippen LogP contribution is 2.26. The predicted molar refractivity (Wildman–Crippen MR) is 57.2 cm³/mol. The standard InChI is InChI=1S/C11H22N2O/c1-14-10-5-6-13(8-10)7-9-3-2-4-11(9)12/h9-11H,2-8,12H2,1H3. The maximum Gasteiger partial charge on any atom is 0.0710 e. The van der Waals surface area contributed by atoms with E-state index in [0.717, 1.165) is 12.5 Å². The Kier molecular flexibility index (Phi) is 3.42. The zero-order valence-corrected chi connectivity index (χ0v) is 9.11. The minimum atomic E-state index is 0.455. The van der Waals surface area contributed by atoms with E-state index in [2.05, 4.69) is 4.90 Å². The van der Waals surface area contributed by atoms with Crippen LogP contribution in [-0.4, -0.2) is 43.8 Å². The zero-order chi connectivity index (χ0) is 9.97. The van der Waals surface area contributed by atoms with Crippen molar-refractivity contribution in [1.29, 1.82) is 0 Å². The molecule has 1 aliphatic carbocycles. The summed E-state index contributed by atoms with van der Waals surface area (Å²) in [5, 5.41) is 0. The first-order chi connectivity index (χ1) is 6.79. The Labute approximate surface area is 86.6 Å². The van der Waals surface area contributed by atoms with Crippen LogP contribution in [0, 0.1) is 5.92 Å². The molecule has 1 saturated heterocycles. The van der Waals surface area contributed by atoms with Crippen molar-refractivity contribution >= 4 is 0 Å². The Morgan fingerprint density at radius 2 is 2.21 bits per heavy atom. The molecule has 2 fully saturated rings. The second-order valence-electron chi connectivity index (χ2n) is 4.76. The fourth-order valence-corrected chi connectivity index (χ4v) is 2.78. The summed E-state index contributed by atoms with van der Waals surface area (Å²) in [5.74, 6) is 0.741. The van der Waals surface area contributed by atoms with Crippen LogP contribution in [0.4, 0.5) is 0 Å². The molecule has 0 spiro atoms. The summed E-state index contributed by atoms with van der Waals surface area (Å²) in [6, 6.07) is 0.455. The molecule has 0 aromatic carbocycles. The first kappa shape index (κ1) is 10.4. The highest BCUT2D eigenvalue weighted by atomic mass is 16.5. The molecule has 0 aromatic rings. The molecule has 0 radical (unpaired) electrons. The molecule has 2 N–H and O–H groups in total. The molecular weight excluding hydrogens is 176 g/mol. The van der Waals surface area contributed by atoms with Gasteiger partial charge in [-0.1, -0.05) is 6.42 Å². The van der Waals surface area contributed by atoms with Crippen molar-refractivity contribution in [2.24, 2.45) is 11.7 Å². The molecular formula is C11H22N2O. The van der Waals surface area contributed by atoms with E-state index < -0.39 is 0 Å². The number of methoxy groups -OCH3 is 1. The molecule has 82 valence electrons. The minimum absolute atomic E-state index is 0.455. The Morgan fingerprint density at radius 1 is 1.36 bits per heavy atom. The average molecular weight is 198 g/mol. The summed E-state index contributed by atoms with van der Waals surface area (Å²) < 4.78 is 5.36. The lowest BCUT2D eigenvalue weighted by molar-refractivity contribution is 0.105. The van der Waals surface area contributed by atoms with Crippen LogP contribution in [0.3, 0.4) is 0 Å². The van der Waals surface area contributed by atoms with Gasteiger partial charge in [0.25, 0.3) is 0 Å². The van der Waals surface area contributed by atoms with Crippen molar-refractivity contribution in [3.63, 3.8) is 0 Å². The van der Waals surface area contributed by atoms with E-state index in [9.17, 15) is 0 Å². The molecule has 3 unspecified atom stereocenters. The highest BCUT2D eigenvalue weighted by Gasteiger charge is 2.29. The van der Waals surface area contributed by atoms with Crippen molar-refractivity contribution in [2.75, 3.05) is 26.7 Å². The summed E-state index contributed by atoms with van der Waals surface area (Å²) in [5.41, 5.74) is 6.07. The summed E-state index contributed by atoms with van der Waals surface area (Å²) >= 11 is 0. The number of nitrogens with two attached hydrogens (primary N) is 1. The van der Waals surface area contributed by atoms with Crippen molar-refractivity contribution < 1.29 is 4.74 Å². The minimum Gasteiger partial charge on any atom is -0.380 e. The summed E-state index contributed by atoms with van der Waals surface area (Å²) in [7, 11) is 1.81. The van der Waals surface area contributed by atoms with Gasteiger partial charge in [-0.15, -0.1) is 0 Å². The van der Waals surface area contributed by atoms with E-state index in [1.807, 2.05) is 7.11 Å². The van der Waals surface area contributed by atoms with Crippen molar-refractivity contribution in [2.45, 2.75) is 37.8 Å². The Morgan fingerprint density at radius 3 is 2.79 bits per heavy atom. The third kappa shape index (κ3) is 2.27. The van der Waals surface area contributed by atoms with Crippen LogP contribution >= 0.6 is 0 Å². The SMILES string of the molecule is COC1CCN(CC2CCCC2N)C1. The molecule has 1 heterocycles. The van der Waals surface area contributed by atoms with E-state index in [0.29, 0.717) is 12.1 Å². The van der Waals surface area contributed by atoms with E-state index in [1.165, 1.54) is 38.8 Å². The van der Waals surface area contributed by atoms with Crippen molar-refractivity contribution in [1.82, 2.24) is 4.90 Å². The number of rotatable bonds is 3. The molecule has 14 heavy (non-hydrogen) atoms. The molecule has 2 rings (SSSR count). The molecule has 2 aliphatic rings. The average Bonchev–Trinajstić information content (AvgIpc) is 2.77. The van der Waals surface area contributed by atoms with Crippen LogP contribution < -0.4 is 5.73 Å². The van der Waals surface area contributed by atoms with Gasteiger partial charge in [0.1, 0.15) is 0 Å². The number of nitrogens with zero attached hydrogens (tertiary/aromatic N) is 1. The predicted octanol–water partition coefficient (Wildman–Crippen LogP) is 0.835. The van der Waals surface area contributed by atoms with Gasteiger partial charge in [-0.3, -0.25) is 0 Å².